The molecule has 3 aromatic carbocycles. The number of hydrogen-bond acceptors (Lipinski definition) is 9. The van der Waals surface area contributed by atoms with E-state index in [0.29, 0.717) is 22.8 Å². The molecule has 41 heavy (non-hydrogen) atoms. The van der Waals surface area contributed by atoms with E-state index in [-0.39, 0.29) is 22.6 Å². The van der Waals surface area contributed by atoms with Crippen molar-refractivity contribution >= 4 is 55.8 Å². The zero-order chi connectivity index (χ0) is 29.4. The van der Waals surface area contributed by atoms with Crippen LogP contribution in [0.2, 0.25) is 0 Å². The van der Waals surface area contributed by atoms with Crippen molar-refractivity contribution < 1.29 is 26.9 Å². The minimum absolute atomic E-state index is 0.0327. The van der Waals surface area contributed by atoms with E-state index in [1.54, 1.807) is 61.3 Å². The lowest BCUT2D eigenvalue weighted by Crippen LogP contribution is -2.45. The lowest BCUT2D eigenvalue weighted by molar-refractivity contribution is -0.129. The number of hydrogen-bond donors (Lipinski definition) is 4. The molecule has 5 N–H and O–H groups in total. The third-order valence-corrected chi connectivity index (χ3v) is 6.93. The standard InChI is InChI=1S/C21H18FN7O2.C6H6O3S/c1-21(2)19(30)26-16-8-13(5-6-17(16)31-21)29(18-14(22)10-24-20(23)27-18)12-4-3-11-9-25-28-15(11)7-12;7-10(8,9)6-4-2-1-3-5-6/h3-10H,1-2H3,(H,25,28)(H,26,30)(H2,23,24,27);1-5H,(H,7,8,9). The van der Waals surface area contributed by atoms with Crippen molar-refractivity contribution in [3.63, 3.8) is 0 Å². The van der Waals surface area contributed by atoms with E-state index in [4.69, 9.17) is 15.0 Å². The summed E-state index contributed by atoms with van der Waals surface area (Å²) in [5.74, 6) is -0.520. The second kappa shape index (κ2) is 10.5. The molecule has 3 heterocycles. The summed E-state index contributed by atoms with van der Waals surface area (Å²) >= 11 is 0. The molecule has 2 aromatic heterocycles. The Morgan fingerprint density at radius 3 is 2.44 bits per heavy atom. The van der Waals surface area contributed by atoms with E-state index in [1.165, 1.54) is 12.1 Å². The highest BCUT2D eigenvalue weighted by molar-refractivity contribution is 7.85. The van der Waals surface area contributed by atoms with Crippen LogP contribution in [-0.4, -0.2) is 44.6 Å². The normalized spacial score (nSPS) is 13.8. The molecule has 6 rings (SSSR count). The molecule has 0 radical (unpaired) electrons. The van der Waals surface area contributed by atoms with Gasteiger partial charge >= 0.3 is 0 Å². The average molecular weight is 578 g/mol. The van der Waals surface area contributed by atoms with Gasteiger partial charge in [-0.25, -0.2) is 9.37 Å². The molecule has 0 aliphatic carbocycles. The maximum absolute atomic E-state index is 14.8. The number of anilines is 5. The van der Waals surface area contributed by atoms with Crippen molar-refractivity contribution in [3.8, 4) is 5.75 Å². The maximum atomic E-state index is 14.8. The number of aromatic nitrogens is 4. The number of H-pyrrole nitrogens is 1. The van der Waals surface area contributed by atoms with Crippen LogP contribution < -0.4 is 20.7 Å². The Bertz CT molecular complexity index is 1860. The molecule has 0 bridgehead atoms. The summed E-state index contributed by atoms with van der Waals surface area (Å²) in [6.07, 6.45) is 2.71. The van der Waals surface area contributed by atoms with Gasteiger partial charge in [0.2, 0.25) is 5.95 Å². The molecule has 0 atom stereocenters. The molecule has 210 valence electrons. The predicted octanol–water partition coefficient (Wildman–Crippen LogP) is 4.59. The highest BCUT2D eigenvalue weighted by Gasteiger charge is 2.35. The number of carbonyl (C=O) groups is 1. The number of halogens is 1. The van der Waals surface area contributed by atoms with Crippen molar-refractivity contribution in [1.82, 2.24) is 20.2 Å². The van der Waals surface area contributed by atoms with E-state index >= 15 is 0 Å². The minimum atomic E-state index is -4.00. The molecular weight excluding hydrogens is 553 g/mol. The molecule has 0 spiro atoms. The SMILES string of the molecule is CC1(C)Oc2ccc(N(c3ccc4cn[nH]c4c3)c3nc(N)ncc3F)cc2NC1=O.O=S(=O)(O)c1ccccc1. The number of ether oxygens (including phenoxy) is 1. The van der Waals surface area contributed by atoms with Crippen molar-refractivity contribution in [1.29, 1.82) is 0 Å². The Labute approximate surface area is 233 Å². The second-order valence-corrected chi connectivity index (χ2v) is 10.8. The van der Waals surface area contributed by atoms with Crippen LogP contribution >= 0.6 is 0 Å². The number of nitrogens with zero attached hydrogens (tertiary/aromatic N) is 4. The van der Waals surface area contributed by atoms with Gasteiger partial charge < -0.3 is 15.8 Å². The first-order valence-electron chi connectivity index (χ1n) is 12.1. The molecule has 0 saturated heterocycles. The highest BCUT2D eigenvalue weighted by atomic mass is 32.2. The number of aromatic amines is 1. The first-order valence-corrected chi connectivity index (χ1v) is 13.5. The molecule has 1 aliphatic rings. The monoisotopic (exact) mass is 577 g/mol. The summed E-state index contributed by atoms with van der Waals surface area (Å²) in [5.41, 5.74) is 7.14. The molecule has 0 fully saturated rings. The summed E-state index contributed by atoms with van der Waals surface area (Å²) in [4.78, 5) is 21.7. The molecule has 1 aliphatic heterocycles. The van der Waals surface area contributed by atoms with Crippen LogP contribution in [0.3, 0.4) is 0 Å². The third kappa shape index (κ3) is 5.78. The summed E-state index contributed by atoms with van der Waals surface area (Å²) < 4.78 is 49.9. The number of nitrogens with one attached hydrogen (secondary N) is 2. The first-order chi connectivity index (χ1) is 19.4. The van der Waals surface area contributed by atoms with Crippen LogP contribution in [0.1, 0.15) is 13.8 Å². The van der Waals surface area contributed by atoms with E-state index < -0.39 is 21.5 Å². The smallest absolute Gasteiger partial charge is 0.294 e. The number of rotatable bonds is 4. The zero-order valence-electron chi connectivity index (χ0n) is 21.7. The van der Waals surface area contributed by atoms with E-state index in [0.717, 1.165) is 17.1 Å². The van der Waals surface area contributed by atoms with Gasteiger partial charge in [0.1, 0.15) is 5.75 Å². The topological polar surface area (TPSA) is 176 Å². The van der Waals surface area contributed by atoms with Gasteiger partial charge in [-0.1, -0.05) is 18.2 Å². The van der Waals surface area contributed by atoms with Gasteiger partial charge in [0.25, 0.3) is 16.0 Å². The molecule has 1 amide bonds. The van der Waals surface area contributed by atoms with Crippen LogP contribution in [0.25, 0.3) is 10.9 Å². The molecule has 0 saturated carbocycles. The first kappa shape index (κ1) is 27.5. The third-order valence-electron chi connectivity index (χ3n) is 6.06. The number of carbonyl (C=O) groups excluding carboxylic acids is 1. The number of amides is 1. The molecule has 14 heteroatoms. The molecule has 5 aromatic rings. The number of nitrogen functional groups attached to an aromatic ring is 1. The Morgan fingerprint density at radius 1 is 1.02 bits per heavy atom. The largest absolute Gasteiger partial charge is 0.476 e. The van der Waals surface area contributed by atoms with Gasteiger partial charge in [0, 0.05) is 11.1 Å². The van der Waals surface area contributed by atoms with Crippen molar-refractivity contribution in [2.45, 2.75) is 24.3 Å². The van der Waals surface area contributed by atoms with E-state index in [1.807, 2.05) is 18.2 Å². The van der Waals surface area contributed by atoms with Crippen molar-refractivity contribution in [2.24, 2.45) is 0 Å². The Kier molecular flexibility index (Phi) is 7.02. The van der Waals surface area contributed by atoms with Crippen LogP contribution in [0.15, 0.2) is 84.0 Å². The fourth-order valence-corrected chi connectivity index (χ4v) is 4.52. The molecule has 12 nitrogen and oxygen atoms in total. The zero-order valence-corrected chi connectivity index (χ0v) is 22.6. The number of fused-ring (bicyclic) bond motifs is 2. The highest BCUT2D eigenvalue weighted by Crippen LogP contribution is 2.41. The summed E-state index contributed by atoms with van der Waals surface area (Å²) in [6, 6.07) is 18.1. The van der Waals surface area contributed by atoms with E-state index in [9.17, 15) is 17.6 Å². The summed E-state index contributed by atoms with van der Waals surface area (Å²) in [7, 11) is -4.00. The number of benzene rings is 3. The Hall–Kier alpha value is -5.08. The summed E-state index contributed by atoms with van der Waals surface area (Å²) in [5, 5.41) is 10.7. The van der Waals surface area contributed by atoms with Crippen LogP contribution in [0, 0.1) is 5.82 Å². The van der Waals surface area contributed by atoms with Gasteiger partial charge in [-0.15, -0.1) is 0 Å². The van der Waals surface area contributed by atoms with Gasteiger partial charge in [-0.05, 0) is 62.4 Å². The van der Waals surface area contributed by atoms with Gasteiger partial charge in [0.15, 0.2) is 17.2 Å². The van der Waals surface area contributed by atoms with Crippen LogP contribution in [-0.2, 0) is 14.9 Å². The lowest BCUT2D eigenvalue weighted by atomic mass is 10.1. The van der Waals surface area contributed by atoms with Gasteiger partial charge in [-0.2, -0.15) is 18.5 Å². The Morgan fingerprint density at radius 2 is 1.73 bits per heavy atom. The quantitative estimate of drug-likeness (QED) is 0.221. The number of nitrogens with two attached hydrogens (primary N) is 1. The molecular formula is C27H24FN7O5S. The van der Waals surface area contributed by atoms with Crippen molar-refractivity contribution in [3.05, 3.63) is 84.9 Å². The molecule has 0 unspecified atom stereocenters. The fraction of sp³-hybridized carbons (Fsp3) is 0.111. The van der Waals surface area contributed by atoms with E-state index in [2.05, 4.69) is 25.5 Å². The average Bonchev–Trinajstić information content (AvgIpc) is 3.40. The predicted molar refractivity (Wildman–Crippen MR) is 150 cm³/mol. The fourth-order valence-electron chi connectivity index (χ4n) is 4.02. The maximum Gasteiger partial charge on any atom is 0.294 e. The summed E-state index contributed by atoms with van der Waals surface area (Å²) in [6.45, 7) is 3.37. The van der Waals surface area contributed by atoms with Gasteiger partial charge in [-0.3, -0.25) is 19.3 Å². The van der Waals surface area contributed by atoms with Crippen molar-refractivity contribution in [2.75, 3.05) is 16.0 Å². The van der Waals surface area contributed by atoms with Gasteiger partial charge in [0.05, 0.1) is 34.2 Å². The minimum Gasteiger partial charge on any atom is -0.476 e. The Balaban J connectivity index is 0.000000287. The van der Waals surface area contributed by atoms with Crippen LogP contribution in [0.5, 0.6) is 5.75 Å². The second-order valence-electron chi connectivity index (χ2n) is 9.41. The lowest BCUT2D eigenvalue weighted by Gasteiger charge is -2.32. The van der Waals surface area contributed by atoms with Crippen LogP contribution in [0.4, 0.5) is 33.2 Å².